The number of hydrogen-bond donors (Lipinski definition) is 1. The molecule has 1 aromatic carbocycles. The number of nitrogen functional groups attached to an aromatic ring is 1. The Morgan fingerprint density at radius 3 is 2.21 bits per heavy atom. The summed E-state index contributed by atoms with van der Waals surface area (Å²) in [5, 5.41) is 0. The number of rotatable bonds is 3. The lowest BCUT2D eigenvalue weighted by Crippen LogP contribution is -2.22. The molecule has 0 aromatic heterocycles. The molecular weight excluding hydrogens is 240 g/mol. The first-order valence-corrected chi connectivity index (χ1v) is 6.99. The Kier molecular flexibility index (Phi) is 3.17. The van der Waals surface area contributed by atoms with Gasteiger partial charge in [-0.25, -0.2) is 0 Å². The van der Waals surface area contributed by atoms with Gasteiger partial charge in [-0.2, -0.15) is 0 Å². The lowest BCUT2D eigenvalue weighted by atomic mass is 10.0. The van der Waals surface area contributed by atoms with Crippen LogP contribution in [0.2, 0.25) is 0 Å². The Hall–Kier alpha value is -1.58. The van der Waals surface area contributed by atoms with Crippen molar-refractivity contribution in [3.8, 4) is 11.5 Å². The van der Waals surface area contributed by atoms with Crippen molar-refractivity contribution in [3.05, 3.63) is 12.1 Å². The Morgan fingerprint density at radius 2 is 1.63 bits per heavy atom. The van der Waals surface area contributed by atoms with Crippen molar-refractivity contribution in [1.29, 1.82) is 0 Å². The van der Waals surface area contributed by atoms with Crippen molar-refractivity contribution in [2.45, 2.75) is 19.3 Å². The van der Waals surface area contributed by atoms with Crippen LogP contribution in [0.1, 0.15) is 19.3 Å². The fourth-order valence-electron chi connectivity index (χ4n) is 3.59. The summed E-state index contributed by atoms with van der Waals surface area (Å²) in [6, 6.07) is 3.87. The van der Waals surface area contributed by atoms with E-state index in [0.717, 1.165) is 42.0 Å². The quantitative estimate of drug-likeness (QED) is 0.850. The van der Waals surface area contributed by atoms with Crippen LogP contribution in [0, 0.1) is 11.8 Å². The van der Waals surface area contributed by atoms with E-state index in [1.807, 2.05) is 12.1 Å². The van der Waals surface area contributed by atoms with Crippen molar-refractivity contribution in [2.24, 2.45) is 11.8 Å². The van der Waals surface area contributed by atoms with Crippen LogP contribution in [0.25, 0.3) is 0 Å². The fraction of sp³-hybridized carbons (Fsp3) is 0.600. The average Bonchev–Trinajstić information content (AvgIpc) is 2.99. The molecule has 1 aliphatic carbocycles. The fourth-order valence-corrected chi connectivity index (χ4v) is 3.59. The molecule has 0 spiro atoms. The Morgan fingerprint density at radius 1 is 1.05 bits per heavy atom. The summed E-state index contributed by atoms with van der Waals surface area (Å²) in [6.45, 7) is 2.26. The molecule has 19 heavy (non-hydrogen) atoms. The number of hydrogen-bond acceptors (Lipinski definition) is 4. The van der Waals surface area contributed by atoms with Gasteiger partial charge in [-0.3, -0.25) is 0 Å². The maximum atomic E-state index is 6.17. The smallest absolute Gasteiger partial charge is 0.162 e. The summed E-state index contributed by atoms with van der Waals surface area (Å²) in [4.78, 5) is 2.41. The Labute approximate surface area is 114 Å². The van der Waals surface area contributed by atoms with Gasteiger partial charge in [-0.05, 0) is 24.7 Å². The zero-order valence-electron chi connectivity index (χ0n) is 11.7. The molecule has 104 valence electrons. The van der Waals surface area contributed by atoms with Crippen LogP contribution in [0.5, 0.6) is 11.5 Å². The average molecular weight is 262 g/mol. The topological polar surface area (TPSA) is 47.7 Å². The number of nitrogens with zero attached hydrogens (tertiary/aromatic N) is 1. The third-order valence-corrected chi connectivity index (χ3v) is 4.60. The van der Waals surface area contributed by atoms with Gasteiger partial charge in [0, 0.05) is 25.2 Å². The molecule has 2 fully saturated rings. The highest BCUT2D eigenvalue weighted by molar-refractivity contribution is 5.73. The third-order valence-electron chi connectivity index (χ3n) is 4.60. The molecule has 0 bridgehead atoms. The molecule has 1 aromatic rings. The van der Waals surface area contributed by atoms with Crippen LogP contribution in [0.3, 0.4) is 0 Å². The number of anilines is 2. The zero-order chi connectivity index (χ0) is 13.4. The van der Waals surface area contributed by atoms with Gasteiger partial charge in [0.15, 0.2) is 11.5 Å². The van der Waals surface area contributed by atoms with E-state index in [1.165, 1.54) is 19.3 Å². The largest absolute Gasteiger partial charge is 0.493 e. The van der Waals surface area contributed by atoms with Gasteiger partial charge >= 0.3 is 0 Å². The van der Waals surface area contributed by atoms with Crippen molar-refractivity contribution in [3.63, 3.8) is 0 Å². The van der Waals surface area contributed by atoms with Crippen LogP contribution in [0.15, 0.2) is 12.1 Å². The minimum atomic E-state index is 0.697. The molecule has 3 rings (SSSR count). The second kappa shape index (κ2) is 4.83. The van der Waals surface area contributed by atoms with E-state index in [4.69, 9.17) is 15.2 Å². The van der Waals surface area contributed by atoms with Crippen LogP contribution in [0.4, 0.5) is 11.4 Å². The van der Waals surface area contributed by atoms with Gasteiger partial charge in [0.1, 0.15) is 0 Å². The Bertz CT molecular complexity index is 463. The number of ether oxygens (including phenoxy) is 2. The predicted molar refractivity (Wildman–Crippen MR) is 77.0 cm³/mol. The van der Waals surface area contributed by atoms with Gasteiger partial charge in [-0.15, -0.1) is 0 Å². The summed E-state index contributed by atoms with van der Waals surface area (Å²) in [5.41, 5.74) is 8.04. The number of benzene rings is 1. The van der Waals surface area contributed by atoms with Crippen molar-refractivity contribution >= 4 is 11.4 Å². The molecule has 1 aliphatic heterocycles. The van der Waals surface area contributed by atoms with Crippen LogP contribution < -0.4 is 20.1 Å². The maximum absolute atomic E-state index is 6.17. The van der Waals surface area contributed by atoms with E-state index in [9.17, 15) is 0 Å². The molecule has 0 amide bonds. The van der Waals surface area contributed by atoms with Crippen molar-refractivity contribution < 1.29 is 9.47 Å². The molecule has 4 nitrogen and oxygen atoms in total. The van der Waals surface area contributed by atoms with Crippen molar-refractivity contribution in [2.75, 3.05) is 37.9 Å². The molecule has 1 saturated carbocycles. The summed E-state index contributed by atoms with van der Waals surface area (Å²) in [7, 11) is 3.30. The predicted octanol–water partition coefficient (Wildman–Crippen LogP) is 2.52. The van der Waals surface area contributed by atoms with Gasteiger partial charge in [-0.1, -0.05) is 6.42 Å². The van der Waals surface area contributed by atoms with E-state index in [0.29, 0.717) is 5.75 Å². The molecule has 1 heterocycles. The van der Waals surface area contributed by atoms with Gasteiger partial charge in [0.2, 0.25) is 0 Å². The second-order valence-corrected chi connectivity index (χ2v) is 5.62. The minimum absolute atomic E-state index is 0.697. The van der Waals surface area contributed by atoms with E-state index >= 15 is 0 Å². The molecule has 0 radical (unpaired) electrons. The lowest BCUT2D eigenvalue weighted by Gasteiger charge is -2.23. The molecule has 2 unspecified atom stereocenters. The summed E-state index contributed by atoms with van der Waals surface area (Å²) >= 11 is 0. The molecule has 2 atom stereocenters. The molecule has 2 aliphatic rings. The summed E-state index contributed by atoms with van der Waals surface area (Å²) in [6.07, 6.45) is 4.13. The number of nitrogens with two attached hydrogens (primary N) is 1. The lowest BCUT2D eigenvalue weighted by molar-refractivity contribution is 0.355. The first-order chi connectivity index (χ1) is 9.22. The Balaban J connectivity index is 1.88. The number of methoxy groups -OCH3 is 2. The molecule has 2 N–H and O–H groups in total. The van der Waals surface area contributed by atoms with E-state index in [1.54, 1.807) is 14.2 Å². The normalized spacial score (nSPS) is 25.5. The summed E-state index contributed by atoms with van der Waals surface area (Å²) in [5.74, 6) is 3.16. The highest BCUT2D eigenvalue weighted by atomic mass is 16.5. The third kappa shape index (κ3) is 2.09. The second-order valence-electron chi connectivity index (χ2n) is 5.62. The van der Waals surface area contributed by atoms with E-state index in [-0.39, 0.29) is 0 Å². The highest BCUT2D eigenvalue weighted by Crippen LogP contribution is 2.43. The van der Waals surface area contributed by atoms with Crippen LogP contribution in [-0.4, -0.2) is 27.3 Å². The van der Waals surface area contributed by atoms with E-state index < -0.39 is 0 Å². The maximum Gasteiger partial charge on any atom is 0.162 e. The number of fused-ring (bicyclic) bond motifs is 1. The van der Waals surface area contributed by atoms with Gasteiger partial charge < -0.3 is 20.1 Å². The van der Waals surface area contributed by atoms with Crippen LogP contribution >= 0.6 is 0 Å². The standard InChI is InChI=1S/C15H22N2O2/c1-18-14-6-12(16)13(7-15(14)19-2)17-8-10-4-3-5-11(10)9-17/h6-7,10-11H,3-5,8-9,16H2,1-2H3. The monoisotopic (exact) mass is 262 g/mol. The minimum Gasteiger partial charge on any atom is -0.493 e. The van der Waals surface area contributed by atoms with Gasteiger partial charge in [0.05, 0.1) is 25.6 Å². The highest BCUT2D eigenvalue weighted by Gasteiger charge is 2.36. The molecule has 4 heteroatoms. The first-order valence-electron chi connectivity index (χ1n) is 6.99. The summed E-state index contributed by atoms with van der Waals surface area (Å²) < 4.78 is 10.7. The zero-order valence-corrected chi connectivity index (χ0v) is 11.7. The van der Waals surface area contributed by atoms with Gasteiger partial charge in [0.25, 0.3) is 0 Å². The SMILES string of the molecule is COc1cc(N)c(N2CC3CCCC3C2)cc1OC. The van der Waals surface area contributed by atoms with Crippen LogP contribution in [-0.2, 0) is 0 Å². The first kappa shape index (κ1) is 12.5. The molecular formula is C15H22N2O2. The molecule has 1 saturated heterocycles. The van der Waals surface area contributed by atoms with E-state index in [2.05, 4.69) is 4.90 Å². The van der Waals surface area contributed by atoms with Crippen molar-refractivity contribution in [1.82, 2.24) is 0 Å².